The number of allylic oxidation sites excluding steroid dienone is 2. The third kappa shape index (κ3) is 4.06. The number of urea groups is 1. The zero-order chi connectivity index (χ0) is 21.3. The molecular weight excluding hydrogens is 380 g/mol. The highest BCUT2D eigenvalue weighted by atomic mass is 19.1. The molecule has 8 heteroatoms. The zero-order valence-electron chi connectivity index (χ0n) is 16.4. The third-order valence-corrected chi connectivity index (χ3v) is 5.01. The Morgan fingerprint density at radius 3 is 2.62 bits per heavy atom. The van der Waals surface area contributed by atoms with Crippen molar-refractivity contribution in [2.45, 2.75) is 38.9 Å². The van der Waals surface area contributed by atoms with E-state index in [9.17, 15) is 23.2 Å². The molecule has 1 aromatic rings. The number of carbonyl (C=O) groups excluding carboxylic acids is 3. The summed E-state index contributed by atoms with van der Waals surface area (Å²) in [6, 6.07) is 0.930. The summed E-state index contributed by atoms with van der Waals surface area (Å²) in [5, 5.41) is 2.67. The summed E-state index contributed by atoms with van der Waals surface area (Å²) in [4.78, 5) is 40.3. The van der Waals surface area contributed by atoms with Gasteiger partial charge in [-0.3, -0.25) is 14.5 Å². The molecule has 155 valence electrons. The number of halogens is 2. The largest absolute Gasteiger partial charge is 0.332 e. The Balaban J connectivity index is 0.00000320. The van der Waals surface area contributed by atoms with Crippen molar-refractivity contribution in [3.05, 3.63) is 65.6 Å². The average molecular weight is 404 g/mol. The van der Waals surface area contributed by atoms with Crippen LogP contribution >= 0.6 is 0 Å². The first-order chi connectivity index (χ1) is 13.7. The molecule has 1 radical (unpaired) electrons. The first-order valence-electron chi connectivity index (χ1n) is 9.31. The standard InChI is InChI=1S/C21H22F2N3O3.H2/c1-12(2)26(13(3)15-9-8-14(22)10-17(15)23)19(27)11-25-20(28)16-6-4-5-7-18(16)24-21(25)29;/h4-10,12-13,18H,11H2,1-3H3,(H,24,29);1H. The molecule has 0 saturated carbocycles. The van der Waals surface area contributed by atoms with Gasteiger partial charge in [-0.1, -0.05) is 24.3 Å². The van der Waals surface area contributed by atoms with Crippen molar-refractivity contribution in [2.24, 2.45) is 0 Å². The lowest BCUT2D eigenvalue weighted by Gasteiger charge is -2.37. The SMILES string of the molecule is CC(C)N(C(=O)CN1C(=O)NC2[CH]C=CC=C2C1=O)C(C)c1ccc(F)cc1F.[HH]. The quantitative estimate of drug-likeness (QED) is 0.820. The van der Waals surface area contributed by atoms with E-state index >= 15 is 0 Å². The number of amides is 4. The summed E-state index contributed by atoms with van der Waals surface area (Å²) in [7, 11) is 0. The normalized spacial score (nSPS) is 19.6. The Bertz CT molecular complexity index is 917. The molecule has 1 aromatic carbocycles. The zero-order valence-corrected chi connectivity index (χ0v) is 16.4. The maximum Gasteiger partial charge on any atom is 0.325 e. The minimum absolute atomic E-state index is 0. The number of imide groups is 1. The summed E-state index contributed by atoms with van der Waals surface area (Å²) in [6.07, 6.45) is 6.69. The van der Waals surface area contributed by atoms with Crippen LogP contribution in [0.25, 0.3) is 0 Å². The van der Waals surface area contributed by atoms with Crippen LogP contribution in [0.2, 0.25) is 0 Å². The molecule has 2 aliphatic rings. The Morgan fingerprint density at radius 1 is 1.24 bits per heavy atom. The van der Waals surface area contributed by atoms with Crippen LogP contribution in [-0.2, 0) is 9.59 Å². The number of fused-ring (bicyclic) bond motifs is 1. The second-order valence-corrected chi connectivity index (χ2v) is 7.25. The van der Waals surface area contributed by atoms with Crippen LogP contribution in [0.3, 0.4) is 0 Å². The van der Waals surface area contributed by atoms with Gasteiger partial charge in [0.1, 0.15) is 18.2 Å². The van der Waals surface area contributed by atoms with E-state index in [-0.39, 0.29) is 13.0 Å². The van der Waals surface area contributed by atoms with Gasteiger partial charge < -0.3 is 10.2 Å². The van der Waals surface area contributed by atoms with Crippen molar-refractivity contribution in [1.29, 1.82) is 0 Å². The van der Waals surface area contributed by atoms with E-state index in [0.717, 1.165) is 17.0 Å². The fourth-order valence-electron chi connectivity index (χ4n) is 3.63. The van der Waals surface area contributed by atoms with Crippen LogP contribution in [0.1, 0.15) is 33.8 Å². The van der Waals surface area contributed by atoms with Crippen LogP contribution in [0.15, 0.2) is 42.0 Å². The lowest BCUT2D eigenvalue weighted by Crippen LogP contribution is -2.59. The predicted molar refractivity (Wildman–Crippen MR) is 104 cm³/mol. The third-order valence-electron chi connectivity index (χ3n) is 5.01. The van der Waals surface area contributed by atoms with Gasteiger partial charge in [-0.2, -0.15) is 0 Å². The monoisotopic (exact) mass is 404 g/mol. The first kappa shape index (κ1) is 20.7. The van der Waals surface area contributed by atoms with Gasteiger partial charge in [-0.15, -0.1) is 0 Å². The molecule has 1 fully saturated rings. The molecule has 2 unspecified atom stereocenters. The second kappa shape index (κ2) is 8.14. The molecule has 1 aliphatic carbocycles. The van der Waals surface area contributed by atoms with Crippen LogP contribution in [0.5, 0.6) is 0 Å². The highest BCUT2D eigenvalue weighted by Crippen LogP contribution is 2.27. The van der Waals surface area contributed by atoms with E-state index < -0.39 is 48.1 Å². The molecule has 2 atom stereocenters. The number of rotatable bonds is 5. The molecule has 3 rings (SSSR count). The van der Waals surface area contributed by atoms with Gasteiger partial charge in [-0.25, -0.2) is 13.6 Å². The van der Waals surface area contributed by atoms with Gasteiger partial charge in [0.25, 0.3) is 5.91 Å². The molecule has 0 bridgehead atoms. The fraction of sp³-hybridized carbons (Fsp3) is 0.333. The summed E-state index contributed by atoms with van der Waals surface area (Å²) >= 11 is 0. The Kier molecular flexibility index (Phi) is 5.81. The molecule has 0 aromatic heterocycles. The topological polar surface area (TPSA) is 69.7 Å². The summed E-state index contributed by atoms with van der Waals surface area (Å²) in [5.41, 5.74) is 0.520. The Morgan fingerprint density at radius 2 is 1.97 bits per heavy atom. The van der Waals surface area contributed by atoms with E-state index in [4.69, 9.17) is 0 Å². The van der Waals surface area contributed by atoms with Crippen molar-refractivity contribution in [3.8, 4) is 0 Å². The van der Waals surface area contributed by atoms with Crippen LogP contribution in [0, 0.1) is 18.1 Å². The lowest BCUT2D eigenvalue weighted by atomic mass is 9.96. The van der Waals surface area contributed by atoms with Crippen LogP contribution in [-0.4, -0.2) is 46.3 Å². The second-order valence-electron chi connectivity index (χ2n) is 7.25. The Hall–Kier alpha value is -3.03. The van der Waals surface area contributed by atoms with Crippen molar-refractivity contribution >= 4 is 17.8 Å². The van der Waals surface area contributed by atoms with E-state index in [1.165, 1.54) is 11.0 Å². The maximum atomic E-state index is 14.2. The van der Waals surface area contributed by atoms with Crippen molar-refractivity contribution in [1.82, 2.24) is 15.1 Å². The van der Waals surface area contributed by atoms with E-state index in [2.05, 4.69) is 5.32 Å². The first-order valence-corrected chi connectivity index (χ1v) is 9.31. The highest BCUT2D eigenvalue weighted by molar-refractivity contribution is 6.10. The van der Waals surface area contributed by atoms with Crippen molar-refractivity contribution in [3.63, 3.8) is 0 Å². The van der Waals surface area contributed by atoms with Crippen molar-refractivity contribution in [2.75, 3.05) is 6.54 Å². The fourth-order valence-corrected chi connectivity index (χ4v) is 3.63. The maximum absolute atomic E-state index is 14.2. The van der Waals surface area contributed by atoms with E-state index in [1.807, 2.05) is 0 Å². The number of nitrogens with one attached hydrogen (secondary N) is 1. The van der Waals surface area contributed by atoms with Crippen molar-refractivity contribution < 1.29 is 24.6 Å². The lowest BCUT2D eigenvalue weighted by molar-refractivity contribution is -0.140. The van der Waals surface area contributed by atoms with Gasteiger partial charge in [0.15, 0.2) is 0 Å². The summed E-state index contributed by atoms with van der Waals surface area (Å²) in [5.74, 6) is -2.54. The number of hydrogen-bond donors (Lipinski definition) is 1. The molecule has 1 saturated heterocycles. The van der Waals surface area contributed by atoms with E-state index in [1.54, 1.807) is 45.4 Å². The predicted octanol–water partition coefficient (Wildman–Crippen LogP) is 3.13. The minimum Gasteiger partial charge on any atom is -0.332 e. The van der Waals surface area contributed by atoms with Gasteiger partial charge in [0.2, 0.25) is 5.91 Å². The number of nitrogens with zero attached hydrogens (tertiary/aromatic N) is 2. The highest BCUT2D eigenvalue weighted by Gasteiger charge is 2.39. The Labute approximate surface area is 169 Å². The van der Waals surface area contributed by atoms with Crippen LogP contribution < -0.4 is 5.32 Å². The molecule has 1 N–H and O–H groups in total. The molecular formula is C21H24F2N3O3. The number of hydrogen-bond acceptors (Lipinski definition) is 3. The molecule has 1 heterocycles. The van der Waals surface area contributed by atoms with Crippen LogP contribution in [0.4, 0.5) is 13.6 Å². The molecule has 6 nitrogen and oxygen atoms in total. The smallest absolute Gasteiger partial charge is 0.325 e. The summed E-state index contributed by atoms with van der Waals surface area (Å²) < 4.78 is 27.5. The minimum atomic E-state index is -0.764. The van der Waals surface area contributed by atoms with Gasteiger partial charge in [0, 0.05) is 31.1 Å². The molecule has 1 aliphatic heterocycles. The molecule has 0 spiro atoms. The average Bonchev–Trinajstić information content (AvgIpc) is 2.64. The van der Waals surface area contributed by atoms with Gasteiger partial charge >= 0.3 is 6.03 Å². The number of carbonyl (C=O) groups is 3. The van der Waals surface area contributed by atoms with E-state index in [0.29, 0.717) is 5.57 Å². The number of benzene rings is 1. The molecule has 29 heavy (non-hydrogen) atoms. The van der Waals surface area contributed by atoms with Gasteiger partial charge in [0.05, 0.1) is 12.1 Å². The summed E-state index contributed by atoms with van der Waals surface area (Å²) in [6.45, 7) is 4.62. The van der Waals surface area contributed by atoms with Gasteiger partial charge in [-0.05, 0) is 26.8 Å². The molecule has 4 amide bonds.